The highest BCUT2D eigenvalue weighted by atomic mass is 16.5. The standard InChI is InChI=1S/C31H34N6O7/c1-18(2)24(25(39)27-35-36-29(44-27)31(3,4)20-13-10-14-21(15-20)42-5)34-23(38)17-37-26(19-11-8-7-9-12-19)32-16-22(28(37)40)33-30(41)43-6/h7-16,18,24H,17H2,1-6H3,(H,33,41)(H,34,38). The normalized spacial score (nSPS) is 12.0. The summed E-state index contributed by atoms with van der Waals surface area (Å²) in [5.74, 6) is -0.802. The van der Waals surface area contributed by atoms with Crippen LogP contribution in [0.25, 0.3) is 11.4 Å². The molecule has 2 aromatic heterocycles. The molecule has 13 heteroatoms. The van der Waals surface area contributed by atoms with E-state index in [9.17, 15) is 19.2 Å². The van der Waals surface area contributed by atoms with Crippen molar-refractivity contribution in [3.05, 3.63) is 88.5 Å². The van der Waals surface area contributed by atoms with Crippen LogP contribution in [0.2, 0.25) is 0 Å². The quantitative estimate of drug-likeness (QED) is 0.241. The van der Waals surface area contributed by atoms with E-state index in [4.69, 9.17) is 9.15 Å². The Labute approximate surface area is 253 Å². The van der Waals surface area contributed by atoms with Gasteiger partial charge in [-0.05, 0) is 37.5 Å². The maximum atomic E-state index is 13.5. The lowest BCUT2D eigenvalue weighted by Crippen LogP contribution is -2.46. The summed E-state index contributed by atoms with van der Waals surface area (Å²) in [6.45, 7) is 6.77. The van der Waals surface area contributed by atoms with Gasteiger partial charge < -0.3 is 19.2 Å². The van der Waals surface area contributed by atoms with Crippen molar-refractivity contribution in [3.8, 4) is 17.1 Å². The second-order valence-corrected chi connectivity index (χ2v) is 10.8. The summed E-state index contributed by atoms with van der Waals surface area (Å²) in [6, 6.07) is 15.1. The molecule has 0 fully saturated rings. The molecule has 2 N–H and O–H groups in total. The number of rotatable bonds is 11. The number of benzene rings is 2. The Morgan fingerprint density at radius 3 is 2.41 bits per heavy atom. The van der Waals surface area contributed by atoms with Crippen LogP contribution in [0.3, 0.4) is 0 Å². The summed E-state index contributed by atoms with van der Waals surface area (Å²) in [4.78, 5) is 56.3. The van der Waals surface area contributed by atoms with Crippen molar-refractivity contribution in [1.29, 1.82) is 0 Å². The van der Waals surface area contributed by atoms with E-state index in [2.05, 4.69) is 30.6 Å². The van der Waals surface area contributed by atoms with E-state index in [-0.39, 0.29) is 29.2 Å². The minimum atomic E-state index is -1.05. The fourth-order valence-electron chi connectivity index (χ4n) is 4.44. The first kappa shape index (κ1) is 31.6. The third-order valence-electron chi connectivity index (χ3n) is 7.03. The van der Waals surface area contributed by atoms with E-state index in [0.29, 0.717) is 11.3 Å². The SMILES string of the molecule is COC(=O)Nc1cnc(-c2ccccc2)n(CC(=O)NC(C(=O)c2nnc(C(C)(C)c3cccc(OC)c3)o2)C(C)C)c1=O. The minimum absolute atomic E-state index is 0.183. The second-order valence-electron chi connectivity index (χ2n) is 10.8. The number of hydrogen-bond donors (Lipinski definition) is 2. The van der Waals surface area contributed by atoms with Crippen LogP contribution in [0, 0.1) is 5.92 Å². The molecule has 2 aromatic carbocycles. The molecule has 0 aliphatic rings. The lowest BCUT2D eigenvalue weighted by molar-refractivity contribution is -0.122. The van der Waals surface area contributed by atoms with Crippen LogP contribution in [-0.4, -0.2) is 57.8 Å². The molecule has 0 radical (unpaired) electrons. The van der Waals surface area contributed by atoms with Gasteiger partial charge in [0, 0.05) is 5.56 Å². The van der Waals surface area contributed by atoms with Crippen molar-refractivity contribution in [2.75, 3.05) is 19.5 Å². The van der Waals surface area contributed by atoms with Crippen molar-refractivity contribution in [3.63, 3.8) is 0 Å². The maximum absolute atomic E-state index is 13.5. The van der Waals surface area contributed by atoms with Crippen molar-refractivity contribution in [2.45, 2.75) is 45.7 Å². The summed E-state index contributed by atoms with van der Waals surface area (Å²) < 4.78 is 16.9. The van der Waals surface area contributed by atoms with Gasteiger partial charge in [0.15, 0.2) is 0 Å². The van der Waals surface area contributed by atoms with Gasteiger partial charge in [0.25, 0.3) is 11.4 Å². The van der Waals surface area contributed by atoms with E-state index in [1.807, 2.05) is 38.1 Å². The number of hydrogen-bond acceptors (Lipinski definition) is 10. The highest BCUT2D eigenvalue weighted by Crippen LogP contribution is 2.32. The smallest absolute Gasteiger partial charge is 0.411 e. The summed E-state index contributed by atoms with van der Waals surface area (Å²) in [7, 11) is 2.73. The van der Waals surface area contributed by atoms with Gasteiger partial charge in [-0.1, -0.05) is 56.3 Å². The van der Waals surface area contributed by atoms with Crippen molar-refractivity contribution >= 4 is 23.5 Å². The van der Waals surface area contributed by atoms with Crippen LogP contribution in [0.15, 0.2) is 70.0 Å². The van der Waals surface area contributed by atoms with Crippen molar-refractivity contribution in [1.82, 2.24) is 25.1 Å². The Hall–Kier alpha value is -5.33. The number of aromatic nitrogens is 4. The number of nitrogens with zero attached hydrogens (tertiary/aromatic N) is 4. The van der Waals surface area contributed by atoms with Crippen molar-refractivity contribution < 1.29 is 28.3 Å². The van der Waals surface area contributed by atoms with Gasteiger partial charge in [0.2, 0.25) is 17.6 Å². The predicted octanol–water partition coefficient (Wildman–Crippen LogP) is 3.83. The van der Waals surface area contributed by atoms with Gasteiger partial charge in [-0.3, -0.25) is 24.3 Å². The Balaban J connectivity index is 1.59. The predicted molar refractivity (Wildman–Crippen MR) is 160 cm³/mol. The average molecular weight is 603 g/mol. The Bertz CT molecular complexity index is 1710. The van der Waals surface area contributed by atoms with Gasteiger partial charge in [-0.2, -0.15) is 0 Å². The van der Waals surface area contributed by atoms with E-state index >= 15 is 0 Å². The fraction of sp³-hybridized carbons (Fsp3) is 0.323. The molecule has 0 aliphatic carbocycles. The number of ketones is 1. The first-order chi connectivity index (χ1) is 21.0. The highest BCUT2D eigenvalue weighted by molar-refractivity contribution is 5.98. The number of anilines is 1. The number of carbonyl (C=O) groups excluding carboxylic acids is 3. The Morgan fingerprint density at radius 1 is 1.02 bits per heavy atom. The molecule has 0 bridgehead atoms. The summed E-state index contributed by atoms with van der Waals surface area (Å²) in [6.07, 6.45) is 0.322. The molecule has 2 amide bonds. The van der Waals surface area contributed by atoms with E-state index in [0.717, 1.165) is 17.2 Å². The molecule has 13 nitrogen and oxygen atoms in total. The molecule has 1 atom stereocenters. The monoisotopic (exact) mass is 602 g/mol. The molecule has 44 heavy (non-hydrogen) atoms. The summed E-state index contributed by atoms with van der Waals surface area (Å²) in [5, 5.41) is 13.1. The summed E-state index contributed by atoms with van der Waals surface area (Å²) in [5.41, 5.74) is -0.214. The average Bonchev–Trinajstić information content (AvgIpc) is 3.53. The molecule has 4 aromatic rings. The molecule has 230 valence electrons. The largest absolute Gasteiger partial charge is 0.497 e. The van der Waals surface area contributed by atoms with Crippen LogP contribution < -0.4 is 20.9 Å². The van der Waals surface area contributed by atoms with Gasteiger partial charge in [0.1, 0.15) is 23.8 Å². The van der Waals surface area contributed by atoms with Gasteiger partial charge in [-0.15, -0.1) is 10.2 Å². The van der Waals surface area contributed by atoms with E-state index in [1.165, 1.54) is 6.20 Å². The Kier molecular flexibility index (Phi) is 9.57. The van der Waals surface area contributed by atoms with Crippen LogP contribution >= 0.6 is 0 Å². The maximum Gasteiger partial charge on any atom is 0.411 e. The molecular formula is C31H34N6O7. The third kappa shape index (κ3) is 6.83. The second kappa shape index (κ2) is 13.3. The lowest BCUT2D eigenvalue weighted by Gasteiger charge is -2.22. The van der Waals surface area contributed by atoms with Crippen LogP contribution in [-0.2, 0) is 21.5 Å². The Morgan fingerprint density at radius 2 is 1.75 bits per heavy atom. The molecule has 0 saturated carbocycles. The molecular weight excluding hydrogens is 568 g/mol. The zero-order valence-electron chi connectivity index (χ0n) is 25.3. The first-order valence-corrected chi connectivity index (χ1v) is 13.8. The highest BCUT2D eigenvalue weighted by Gasteiger charge is 2.34. The molecule has 0 aliphatic heterocycles. The number of nitrogens with one attached hydrogen (secondary N) is 2. The van der Waals surface area contributed by atoms with Crippen LogP contribution in [0.1, 0.15) is 49.8 Å². The first-order valence-electron chi connectivity index (χ1n) is 13.8. The molecule has 0 spiro atoms. The van der Waals surface area contributed by atoms with Crippen molar-refractivity contribution in [2.24, 2.45) is 5.92 Å². The summed E-state index contributed by atoms with van der Waals surface area (Å²) >= 11 is 0. The molecule has 4 rings (SSSR count). The van der Waals surface area contributed by atoms with Gasteiger partial charge in [0.05, 0.1) is 31.9 Å². The zero-order valence-corrected chi connectivity index (χ0v) is 25.3. The molecule has 1 unspecified atom stereocenters. The fourth-order valence-corrected chi connectivity index (χ4v) is 4.44. The number of methoxy groups -OCH3 is 2. The van der Waals surface area contributed by atoms with E-state index < -0.39 is 41.3 Å². The van der Waals surface area contributed by atoms with Gasteiger partial charge >= 0.3 is 6.09 Å². The lowest BCUT2D eigenvalue weighted by atomic mass is 9.84. The topological polar surface area (TPSA) is 168 Å². The van der Waals surface area contributed by atoms with Gasteiger partial charge in [-0.25, -0.2) is 9.78 Å². The number of Topliss-reactive ketones (excluding diaryl/α,β-unsaturated/α-hetero) is 1. The third-order valence-corrected chi connectivity index (χ3v) is 7.03. The number of carbonyl (C=O) groups is 3. The number of ether oxygens (including phenoxy) is 2. The minimum Gasteiger partial charge on any atom is -0.497 e. The molecule has 2 heterocycles. The van der Waals surface area contributed by atoms with Crippen LogP contribution in [0.4, 0.5) is 10.5 Å². The number of amides is 2. The molecule has 0 saturated heterocycles. The van der Waals surface area contributed by atoms with E-state index in [1.54, 1.807) is 51.3 Å². The zero-order chi connectivity index (χ0) is 32.0. The van der Waals surface area contributed by atoms with Crippen LogP contribution in [0.5, 0.6) is 5.75 Å².